The van der Waals surface area contributed by atoms with E-state index < -0.39 is 0 Å². The number of aryl methyl sites for hydroxylation is 1. The number of aromatic hydroxyl groups is 1. The van der Waals surface area contributed by atoms with Gasteiger partial charge in [-0.2, -0.15) is 9.97 Å². The third kappa shape index (κ3) is 7.50. The predicted octanol–water partition coefficient (Wildman–Crippen LogP) is 9.07. The number of nitrogens with zero attached hydrogens (tertiary/aromatic N) is 4. The van der Waals surface area contributed by atoms with E-state index in [9.17, 15) is 5.11 Å². The molecule has 0 bridgehead atoms. The molecule has 2 aliphatic heterocycles. The molecule has 7 nitrogen and oxygen atoms in total. The maximum atomic E-state index is 15.5. The van der Waals surface area contributed by atoms with Crippen molar-refractivity contribution in [2.24, 2.45) is 22.2 Å². The highest BCUT2D eigenvalue weighted by Crippen LogP contribution is 2.41. The first-order chi connectivity index (χ1) is 25.2. The molecule has 52 heavy (non-hydrogen) atoms. The molecule has 3 unspecified atom stereocenters. The van der Waals surface area contributed by atoms with Crippen LogP contribution in [0, 0.1) is 23.1 Å². The monoisotopic (exact) mass is 708 g/mol. The molecule has 3 heterocycles. The van der Waals surface area contributed by atoms with E-state index in [0.29, 0.717) is 37.1 Å². The second-order valence-corrected chi connectivity index (χ2v) is 16.0. The van der Waals surface area contributed by atoms with Gasteiger partial charge < -0.3 is 19.5 Å². The molecule has 1 N–H and O–H groups in total. The number of phenolic OH excluding ortho intramolecular Hbond substituents is 1. The quantitative estimate of drug-likeness (QED) is 0.132. The van der Waals surface area contributed by atoms with E-state index in [2.05, 4.69) is 44.7 Å². The lowest BCUT2D eigenvalue weighted by Gasteiger charge is -2.30. The van der Waals surface area contributed by atoms with Gasteiger partial charge in [0, 0.05) is 35.9 Å². The smallest absolute Gasteiger partial charge is 0.318 e. The SMILES string of the molecule is CCCCCC(C)(CCCC)COc1nc(N2CCCOCC2)c2c3c(c(-c4cc(O)cc5ccc(F)c(CC)c45)cc2n1)=NC(C1CC1)C(C)C=3. The molecule has 2 fully saturated rings. The molecular formula is C44H57FN4O3. The molecule has 3 aliphatic rings. The van der Waals surface area contributed by atoms with Crippen LogP contribution in [0.4, 0.5) is 10.2 Å². The minimum atomic E-state index is -0.238. The van der Waals surface area contributed by atoms with Crippen LogP contribution < -0.4 is 20.2 Å². The molecule has 1 saturated carbocycles. The molecule has 4 aromatic rings. The van der Waals surface area contributed by atoms with Gasteiger partial charge in [0.1, 0.15) is 17.4 Å². The van der Waals surface area contributed by atoms with Crippen LogP contribution in [0.1, 0.15) is 104 Å². The minimum Gasteiger partial charge on any atom is -0.508 e. The highest BCUT2D eigenvalue weighted by molar-refractivity contribution is 6.03. The van der Waals surface area contributed by atoms with Crippen molar-refractivity contribution in [1.82, 2.24) is 9.97 Å². The van der Waals surface area contributed by atoms with Gasteiger partial charge in [-0.3, -0.25) is 4.99 Å². The fraction of sp³-hybridized carbons (Fsp3) is 0.568. The Morgan fingerprint density at radius 1 is 0.962 bits per heavy atom. The van der Waals surface area contributed by atoms with Crippen LogP contribution in [0.15, 0.2) is 35.3 Å². The Bertz CT molecular complexity index is 2040. The Labute approximate surface area is 308 Å². The summed E-state index contributed by atoms with van der Waals surface area (Å²) in [7, 11) is 0. The summed E-state index contributed by atoms with van der Waals surface area (Å²) < 4.78 is 28.1. The molecule has 3 aromatic carbocycles. The van der Waals surface area contributed by atoms with Crippen molar-refractivity contribution in [3.8, 4) is 22.9 Å². The van der Waals surface area contributed by atoms with Crippen LogP contribution in [0.2, 0.25) is 0 Å². The molecule has 0 amide bonds. The lowest BCUT2D eigenvalue weighted by molar-refractivity contribution is 0.126. The zero-order valence-corrected chi connectivity index (χ0v) is 31.9. The standard InChI is InChI=1S/C44H57FN4O3/c1-6-9-11-18-44(5,17-10-7-2)27-52-43-46-37-26-34(33-25-31(50)24-30-15-16-36(45)32(8-3)38(30)33)41-35(23-28(4)40(47-41)29-13-14-29)39(37)42(48-43)49-19-12-21-51-22-20-49/h15-16,23-26,28-29,40,50H,6-14,17-22,27H2,1-5H3. The summed E-state index contributed by atoms with van der Waals surface area (Å²) in [5.41, 5.74) is 3.08. The number of phenols is 1. The summed E-state index contributed by atoms with van der Waals surface area (Å²) in [4.78, 5) is 18.3. The zero-order chi connectivity index (χ0) is 36.4. The molecule has 1 saturated heterocycles. The van der Waals surface area contributed by atoms with E-state index in [4.69, 9.17) is 24.4 Å². The van der Waals surface area contributed by atoms with Gasteiger partial charge in [0.25, 0.3) is 0 Å². The minimum absolute atomic E-state index is 0.0299. The third-order valence-corrected chi connectivity index (χ3v) is 11.7. The van der Waals surface area contributed by atoms with Gasteiger partial charge >= 0.3 is 6.01 Å². The van der Waals surface area contributed by atoms with Gasteiger partial charge in [-0.05, 0) is 96.5 Å². The van der Waals surface area contributed by atoms with Crippen molar-refractivity contribution in [2.45, 2.75) is 111 Å². The summed E-state index contributed by atoms with van der Waals surface area (Å²) in [6.45, 7) is 14.6. The van der Waals surface area contributed by atoms with E-state index in [1.54, 1.807) is 18.2 Å². The second-order valence-electron chi connectivity index (χ2n) is 16.0. The van der Waals surface area contributed by atoms with E-state index in [1.807, 2.05) is 6.92 Å². The number of hydrogen-bond donors (Lipinski definition) is 1. The van der Waals surface area contributed by atoms with Gasteiger partial charge in [0.05, 0.1) is 35.5 Å². The van der Waals surface area contributed by atoms with Crippen molar-refractivity contribution in [3.63, 3.8) is 0 Å². The molecule has 1 aromatic heterocycles. The van der Waals surface area contributed by atoms with Crippen LogP contribution >= 0.6 is 0 Å². The number of benzene rings is 3. The maximum Gasteiger partial charge on any atom is 0.318 e. The average molecular weight is 709 g/mol. The van der Waals surface area contributed by atoms with Crippen molar-refractivity contribution in [1.29, 1.82) is 0 Å². The highest BCUT2D eigenvalue weighted by Gasteiger charge is 2.36. The predicted molar refractivity (Wildman–Crippen MR) is 209 cm³/mol. The van der Waals surface area contributed by atoms with Gasteiger partial charge in [-0.25, -0.2) is 4.39 Å². The summed E-state index contributed by atoms with van der Waals surface area (Å²) in [6.07, 6.45) is 14.3. The van der Waals surface area contributed by atoms with Crippen LogP contribution in [0.5, 0.6) is 11.8 Å². The normalized spacial score (nSPS) is 20.2. The molecular weight excluding hydrogens is 652 g/mol. The van der Waals surface area contributed by atoms with Crippen molar-refractivity contribution in [3.05, 3.63) is 52.3 Å². The van der Waals surface area contributed by atoms with Crippen molar-refractivity contribution >= 4 is 33.6 Å². The number of ether oxygens (including phenoxy) is 2. The first-order valence-electron chi connectivity index (χ1n) is 20.1. The van der Waals surface area contributed by atoms with Gasteiger partial charge in [0.2, 0.25) is 0 Å². The number of anilines is 1. The second kappa shape index (κ2) is 15.7. The Morgan fingerprint density at radius 2 is 1.77 bits per heavy atom. The fourth-order valence-electron chi connectivity index (χ4n) is 8.61. The number of hydrogen-bond acceptors (Lipinski definition) is 7. The van der Waals surface area contributed by atoms with E-state index in [1.165, 1.54) is 38.2 Å². The van der Waals surface area contributed by atoms with Crippen LogP contribution in [0.25, 0.3) is 38.9 Å². The highest BCUT2D eigenvalue weighted by atomic mass is 19.1. The largest absolute Gasteiger partial charge is 0.508 e. The maximum absolute atomic E-state index is 15.5. The molecule has 8 heteroatoms. The summed E-state index contributed by atoms with van der Waals surface area (Å²) in [5, 5.41) is 15.6. The third-order valence-electron chi connectivity index (χ3n) is 11.7. The Morgan fingerprint density at radius 3 is 2.54 bits per heavy atom. The van der Waals surface area contributed by atoms with E-state index >= 15 is 4.39 Å². The number of fused-ring (bicyclic) bond motifs is 4. The average Bonchev–Trinajstić information content (AvgIpc) is 4.01. The van der Waals surface area contributed by atoms with Gasteiger partial charge in [-0.15, -0.1) is 0 Å². The molecule has 0 spiro atoms. The molecule has 3 atom stereocenters. The first-order valence-corrected chi connectivity index (χ1v) is 20.1. The number of halogens is 1. The Kier molecular flexibility index (Phi) is 11.0. The molecule has 0 radical (unpaired) electrons. The Hall–Kier alpha value is -3.78. The topological polar surface area (TPSA) is 80.1 Å². The molecule has 1 aliphatic carbocycles. The van der Waals surface area contributed by atoms with Gasteiger partial charge in [0.15, 0.2) is 0 Å². The van der Waals surface area contributed by atoms with Crippen LogP contribution in [-0.2, 0) is 11.2 Å². The number of rotatable bonds is 14. The van der Waals surface area contributed by atoms with E-state index in [-0.39, 0.29) is 28.9 Å². The lowest BCUT2D eigenvalue weighted by Crippen LogP contribution is -2.39. The van der Waals surface area contributed by atoms with Crippen molar-refractivity contribution < 1.29 is 19.0 Å². The number of unbranched alkanes of at least 4 members (excludes halogenated alkanes) is 3. The fourth-order valence-corrected chi connectivity index (χ4v) is 8.61. The summed E-state index contributed by atoms with van der Waals surface area (Å²) in [6, 6.07) is 9.44. The molecule has 7 rings (SSSR count). The summed E-state index contributed by atoms with van der Waals surface area (Å²) in [5.74, 6) is 1.56. The van der Waals surface area contributed by atoms with Crippen LogP contribution in [-0.4, -0.2) is 54.0 Å². The lowest BCUT2D eigenvalue weighted by atomic mass is 9.81. The van der Waals surface area contributed by atoms with Gasteiger partial charge in [-0.1, -0.05) is 78.9 Å². The van der Waals surface area contributed by atoms with E-state index in [0.717, 1.165) is 101 Å². The molecule has 278 valence electrons. The van der Waals surface area contributed by atoms with Crippen molar-refractivity contribution in [2.75, 3.05) is 37.8 Å². The zero-order valence-electron chi connectivity index (χ0n) is 31.9. The Balaban J connectivity index is 1.47. The first kappa shape index (κ1) is 36.6. The summed E-state index contributed by atoms with van der Waals surface area (Å²) >= 11 is 0. The number of aromatic nitrogens is 2. The van der Waals surface area contributed by atoms with Crippen LogP contribution in [0.3, 0.4) is 0 Å².